The van der Waals surface area contributed by atoms with Crippen molar-refractivity contribution in [3.8, 4) is 0 Å². The number of nitrogens with one attached hydrogen (secondary N) is 1. The highest BCUT2D eigenvalue weighted by Crippen LogP contribution is 2.43. The number of allylic oxidation sites excluding steroid dienone is 2. The Hall–Kier alpha value is -1.78. The number of aliphatic carboxylic acids is 1. The van der Waals surface area contributed by atoms with Gasteiger partial charge in [0.25, 0.3) is 0 Å². The summed E-state index contributed by atoms with van der Waals surface area (Å²) in [6.45, 7) is 2.53. The van der Waals surface area contributed by atoms with Crippen molar-refractivity contribution < 1.29 is 47.8 Å². The number of carbonyl (C=O) groups is 3. The van der Waals surface area contributed by atoms with E-state index in [4.69, 9.17) is 13.8 Å². The molecule has 11 nitrogen and oxygen atoms in total. The lowest BCUT2D eigenvalue weighted by atomic mass is 10.0. The number of carboxylic acid groups (broad SMARTS) is 1. The summed E-state index contributed by atoms with van der Waals surface area (Å²) in [7, 11) is -4.75. The maximum Gasteiger partial charge on any atom is 0.472 e. The van der Waals surface area contributed by atoms with Crippen molar-refractivity contribution in [3.63, 3.8) is 0 Å². The van der Waals surface area contributed by atoms with Crippen molar-refractivity contribution in [2.75, 3.05) is 19.8 Å². The average molecular weight is 734 g/mol. The predicted octanol–water partition coefficient (Wildman–Crippen LogP) is 9.33. The lowest BCUT2D eigenvalue weighted by Crippen LogP contribution is -2.43. The molecule has 0 saturated carbocycles. The number of carboxylic acids is 1. The monoisotopic (exact) mass is 733 g/mol. The average Bonchev–Trinajstić information content (AvgIpc) is 3.08. The van der Waals surface area contributed by atoms with E-state index in [1.54, 1.807) is 0 Å². The third-order valence-electron chi connectivity index (χ3n) is 8.55. The Morgan fingerprint density at radius 2 is 1.06 bits per heavy atom. The molecule has 0 aromatic carbocycles. The Labute approximate surface area is 303 Å². The maximum atomic E-state index is 12.2. The second kappa shape index (κ2) is 34.3. The van der Waals surface area contributed by atoms with Crippen LogP contribution in [0.4, 0.5) is 0 Å². The summed E-state index contributed by atoms with van der Waals surface area (Å²) in [6.07, 6.45) is 31.0. The van der Waals surface area contributed by atoms with E-state index in [1.165, 1.54) is 83.5 Å². The van der Waals surface area contributed by atoms with E-state index in [0.717, 1.165) is 57.8 Å². The van der Waals surface area contributed by atoms with E-state index in [9.17, 15) is 34.1 Å². The van der Waals surface area contributed by atoms with Crippen LogP contribution in [0.1, 0.15) is 181 Å². The molecule has 294 valence electrons. The van der Waals surface area contributed by atoms with Gasteiger partial charge in [0.1, 0.15) is 12.7 Å². The van der Waals surface area contributed by atoms with E-state index >= 15 is 0 Å². The molecule has 50 heavy (non-hydrogen) atoms. The smallest absolute Gasteiger partial charge is 0.472 e. The van der Waals surface area contributed by atoms with Crippen LogP contribution >= 0.6 is 7.82 Å². The van der Waals surface area contributed by atoms with Crippen LogP contribution in [0.3, 0.4) is 0 Å². The van der Waals surface area contributed by atoms with Gasteiger partial charge in [0.2, 0.25) is 5.91 Å². The Morgan fingerprint density at radius 3 is 1.58 bits per heavy atom. The lowest BCUT2D eigenvalue weighted by Gasteiger charge is -2.18. The third kappa shape index (κ3) is 33.4. The molecule has 0 aromatic heterocycles. The first kappa shape index (κ1) is 48.2. The molecule has 0 heterocycles. The maximum absolute atomic E-state index is 12.2. The second-order valence-electron chi connectivity index (χ2n) is 13.5. The molecule has 12 heteroatoms. The van der Waals surface area contributed by atoms with Crippen molar-refractivity contribution in [3.05, 3.63) is 12.2 Å². The predicted molar refractivity (Wildman–Crippen MR) is 199 cm³/mol. The first-order valence-electron chi connectivity index (χ1n) is 19.7. The number of rotatable bonds is 37. The quantitative estimate of drug-likeness (QED) is 0.0209. The Kier molecular flexibility index (Phi) is 33.1. The van der Waals surface area contributed by atoms with Crippen LogP contribution in [0.5, 0.6) is 0 Å². The molecule has 0 aliphatic heterocycles. The number of carbonyl (C=O) groups excluding carboxylic acids is 2. The minimum Gasteiger partial charge on any atom is -0.480 e. The number of unbranched alkanes of at least 4 members (excludes halogenated alkanes) is 21. The highest BCUT2D eigenvalue weighted by atomic mass is 31.2. The minimum atomic E-state index is -4.75. The summed E-state index contributed by atoms with van der Waals surface area (Å²) in [5, 5.41) is 21.7. The van der Waals surface area contributed by atoms with Gasteiger partial charge in [-0.25, -0.2) is 9.36 Å². The van der Waals surface area contributed by atoms with Crippen molar-refractivity contribution >= 4 is 25.7 Å². The largest absolute Gasteiger partial charge is 0.480 e. The van der Waals surface area contributed by atoms with E-state index in [2.05, 4.69) is 31.3 Å². The second-order valence-corrected chi connectivity index (χ2v) is 14.9. The van der Waals surface area contributed by atoms with Gasteiger partial charge in [-0.3, -0.25) is 18.6 Å². The van der Waals surface area contributed by atoms with Gasteiger partial charge in [-0.05, 0) is 32.1 Å². The van der Waals surface area contributed by atoms with Gasteiger partial charge in [-0.15, -0.1) is 0 Å². The van der Waals surface area contributed by atoms with Crippen molar-refractivity contribution in [1.82, 2.24) is 5.32 Å². The first-order chi connectivity index (χ1) is 24.1. The van der Waals surface area contributed by atoms with Crippen LogP contribution in [0.15, 0.2) is 12.2 Å². The van der Waals surface area contributed by atoms with Crippen LogP contribution in [0.25, 0.3) is 0 Å². The fraction of sp³-hybridized carbons (Fsp3) is 0.868. The van der Waals surface area contributed by atoms with Crippen LogP contribution in [0, 0.1) is 0 Å². The zero-order valence-corrected chi connectivity index (χ0v) is 32.4. The number of amides is 1. The van der Waals surface area contributed by atoms with Crippen molar-refractivity contribution in [2.24, 2.45) is 0 Å². The number of aliphatic hydroxyl groups is 1. The number of hydrogen-bond donors (Lipinski definition) is 4. The molecule has 3 atom stereocenters. The van der Waals surface area contributed by atoms with Gasteiger partial charge < -0.3 is 25.2 Å². The number of ether oxygens (including phenoxy) is 1. The van der Waals surface area contributed by atoms with Crippen molar-refractivity contribution in [2.45, 2.75) is 193 Å². The Bertz CT molecular complexity index is 916. The summed E-state index contributed by atoms with van der Waals surface area (Å²) >= 11 is 0. The zero-order chi connectivity index (χ0) is 37.1. The normalized spacial score (nSPS) is 14.0. The lowest BCUT2D eigenvalue weighted by molar-refractivity contribution is -0.147. The minimum absolute atomic E-state index is 0.137. The fourth-order valence-electron chi connectivity index (χ4n) is 5.41. The van der Waals surface area contributed by atoms with Crippen molar-refractivity contribution in [1.29, 1.82) is 0 Å². The summed E-state index contributed by atoms with van der Waals surface area (Å²) < 4.78 is 26.7. The highest BCUT2D eigenvalue weighted by molar-refractivity contribution is 7.47. The topological polar surface area (TPSA) is 169 Å². The number of phosphoric ester groups is 1. The molecule has 0 rings (SSSR count). The molecular weight excluding hydrogens is 661 g/mol. The van der Waals surface area contributed by atoms with Gasteiger partial charge in [-0.1, -0.05) is 148 Å². The van der Waals surface area contributed by atoms with E-state index < -0.39 is 57.6 Å². The molecule has 4 N–H and O–H groups in total. The summed E-state index contributed by atoms with van der Waals surface area (Å²) in [5.41, 5.74) is 0. The molecule has 0 aliphatic carbocycles. The Morgan fingerprint density at radius 1 is 0.620 bits per heavy atom. The SMILES string of the molecule is CCCC/C=C\CCCCCCCC(=O)NC(COP(=O)(O)OCC(O)COC(=O)CCCCCCCCCCCCCCCCC)C(=O)O. The molecule has 0 radical (unpaired) electrons. The number of hydrogen-bond acceptors (Lipinski definition) is 8. The molecule has 0 spiro atoms. The van der Waals surface area contributed by atoms with E-state index in [0.29, 0.717) is 12.8 Å². The number of phosphoric acid groups is 1. The number of esters is 1. The van der Waals surface area contributed by atoms with Gasteiger partial charge in [-0.2, -0.15) is 0 Å². The molecule has 0 fully saturated rings. The summed E-state index contributed by atoms with van der Waals surface area (Å²) in [6, 6.07) is -1.54. The molecular formula is C38H72NO10P. The van der Waals surface area contributed by atoms with Gasteiger partial charge >= 0.3 is 19.8 Å². The zero-order valence-electron chi connectivity index (χ0n) is 31.5. The van der Waals surface area contributed by atoms with E-state index in [1.807, 2.05) is 0 Å². The van der Waals surface area contributed by atoms with Crippen LogP contribution in [-0.2, 0) is 32.7 Å². The molecule has 3 unspecified atom stereocenters. The van der Waals surface area contributed by atoms with Gasteiger partial charge in [0, 0.05) is 12.8 Å². The molecule has 0 saturated heterocycles. The summed E-state index contributed by atoms with van der Waals surface area (Å²) in [5.74, 6) is -2.38. The van der Waals surface area contributed by atoms with Gasteiger partial charge in [0.05, 0.1) is 13.2 Å². The number of aliphatic hydroxyl groups excluding tert-OH is 1. The first-order valence-corrected chi connectivity index (χ1v) is 21.2. The van der Waals surface area contributed by atoms with E-state index in [-0.39, 0.29) is 12.8 Å². The Balaban J connectivity index is 3.92. The van der Waals surface area contributed by atoms with Crippen LogP contribution in [0.2, 0.25) is 0 Å². The standard InChI is InChI=1S/C38H72NO10P/c1-3-5-7-9-11-13-15-16-17-18-20-22-24-26-28-30-37(42)47-31-34(40)32-48-50(45,46)49-33-35(38(43)44)39-36(41)29-27-25-23-21-19-14-12-10-8-6-4-2/h10,12,34-35,40H,3-9,11,13-33H2,1-2H3,(H,39,41)(H,43,44)(H,45,46)/b12-10-. The molecule has 1 amide bonds. The molecule has 0 bridgehead atoms. The molecule has 0 aromatic rings. The van der Waals surface area contributed by atoms with Crippen LogP contribution < -0.4 is 5.32 Å². The third-order valence-corrected chi connectivity index (χ3v) is 9.51. The fourth-order valence-corrected chi connectivity index (χ4v) is 6.19. The highest BCUT2D eigenvalue weighted by Gasteiger charge is 2.28. The van der Waals surface area contributed by atoms with Gasteiger partial charge in [0.15, 0.2) is 6.04 Å². The molecule has 0 aliphatic rings. The summed E-state index contributed by atoms with van der Waals surface area (Å²) in [4.78, 5) is 45.7. The van der Waals surface area contributed by atoms with Crippen LogP contribution in [-0.4, -0.2) is 64.9 Å².